The molecule has 1 fully saturated rings. The van der Waals surface area contributed by atoms with Crippen LogP contribution in [0.3, 0.4) is 0 Å². The van der Waals surface area contributed by atoms with E-state index in [1.807, 2.05) is 24.0 Å². The van der Waals surface area contributed by atoms with Crippen molar-refractivity contribution in [2.24, 2.45) is 7.05 Å². The van der Waals surface area contributed by atoms with Gasteiger partial charge in [0.05, 0.1) is 11.7 Å². The Morgan fingerprint density at radius 1 is 1.19 bits per heavy atom. The van der Waals surface area contributed by atoms with Crippen LogP contribution < -0.4 is 11.1 Å². The molecule has 4 aromatic rings. The Hall–Kier alpha value is -3.13. The largest absolute Gasteiger partial charge is 0.381 e. The van der Waals surface area contributed by atoms with Gasteiger partial charge in [0.15, 0.2) is 5.65 Å². The standard InChI is InChI=1S/C19H21N7O/c1-25-16-4-2-12(10-13(16)11-21-25)15-3-5-17-23-19(20)24-26(17)18(15)22-14-6-8-27-9-7-14/h2-5,10-11,14,22H,6-9H2,1H3,(H2,20,24). The molecule has 138 valence electrons. The number of hydrogen-bond donors (Lipinski definition) is 2. The fourth-order valence-electron chi connectivity index (χ4n) is 3.70. The molecule has 8 nitrogen and oxygen atoms in total. The Labute approximate surface area is 155 Å². The van der Waals surface area contributed by atoms with E-state index in [1.54, 1.807) is 4.52 Å². The minimum atomic E-state index is 0.268. The summed E-state index contributed by atoms with van der Waals surface area (Å²) in [5, 5.41) is 13.5. The topological polar surface area (TPSA) is 95.3 Å². The molecule has 1 aromatic carbocycles. The van der Waals surface area contributed by atoms with Crippen LogP contribution in [0.1, 0.15) is 12.8 Å². The summed E-state index contributed by atoms with van der Waals surface area (Å²) in [5.41, 5.74) is 9.85. The Morgan fingerprint density at radius 2 is 2.04 bits per heavy atom. The fourth-order valence-corrected chi connectivity index (χ4v) is 3.70. The second kappa shape index (κ2) is 6.24. The number of hydrogen-bond acceptors (Lipinski definition) is 6. The van der Waals surface area contributed by atoms with Gasteiger partial charge in [0.1, 0.15) is 5.82 Å². The molecule has 8 heteroatoms. The summed E-state index contributed by atoms with van der Waals surface area (Å²) in [7, 11) is 1.95. The molecule has 0 bridgehead atoms. The first-order valence-electron chi connectivity index (χ1n) is 9.11. The third kappa shape index (κ3) is 2.78. The predicted molar refractivity (Wildman–Crippen MR) is 105 cm³/mol. The van der Waals surface area contributed by atoms with Gasteiger partial charge < -0.3 is 15.8 Å². The van der Waals surface area contributed by atoms with E-state index in [1.165, 1.54) is 0 Å². The lowest BCUT2D eigenvalue weighted by Gasteiger charge is -2.25. The number of benzene rings is 1. The van der Waals surface area contributed by atoms with E-state index in [2.05, 4.69) is 44.8 Å². The maximum Gasteiger partial charge on any atom is 0.240 e. The van der Waals surface area contributed by atoms with Crippen LogP contribution in [0.25, 0.3) is 27.7 Å². The van der Waals surface area contributed by atoms with Crippen LogP contribution in [0, 0.1) is 0 Å². The molecule has 27 heavy (non-hydrogen) atoms. The lowest BCUT2D eigenvalue weighted by atomic mass is 10.0. The van der Waals surface area contributed by atoms with Crippen LogP contribution in [0.4, 0.5) is 11.8 Å². The summed E-state index contributed by atoms with van der Waals surface area (Å²) in [6.45, 7) is 1.54. The highest BCUT2D eigenvalue weighted by Gasteiger charge is 2.19. The van der Waals surface area contributed by atoms with E-state index >= 15 is 0 Å². The molecule has 3 aromatic heterocycles. The van der Waals surface area contributed by atoms with Gasteiger partial charge in [0.25, 0.3) is 0 Å². The van der Waals surface area contributed by atoms with Gasteiger partial charge in [0.2, 0.25) is 5.95 Å². The molecule has 3 N–H and O–H groups in total. The van der Waals surface area contributed by atoms with Gasteiger partial charge >= 0.3 is 0 Å². The minimum Gasteiger partial charge on any atom is -0.381 e. The van der Waals surface area contributed by atoms with Crippen molar-refractivity contribution in [1.29, 1.82) is 0 Å². The number of nitrogens with one attached hydrogen (secondary N) is 1. The van der Waals surface area contributed by atoms with Crippen molar-refractivity contribution in [1.82, 2.24) is 24.4 Å². The van der Waals surface area contributed by atoms with Gasteiger partial charge in [-0.2, -0.15) is 14.6 Å². The summed E-state index contributed by atoms with van der Waals surface area (Å²) in [6.07, 6.45) is 3.81. The smallest absolute Gasteiger partial charge is 0.240 e. The molecule has 1 aliphatic rings. The van der Waals surface area contributed by atoms with Crippen molar-refractivity contribution >= 4 is 28.3 Å². The zero-order chi connectivity index (χ0) is 18.4. The van der Waals surface area contributed by atoms with E-state index in [0.29, 0.717) is 6.04 Å². The molecule has 0 saturated carbocycles. The molecular formula is C19H21N7O. The van der Waals surface area contributed by atoms with Gasteiger partial charge in [-0.3, -0.25) is 4.68 Å². The number of aromatic nitrogens is 5. The van der Waals surface area contributed by atoms with Gasteiger partial charge in [-0.15, -0.1) is 5.10 Å². The van der Waals surface area contributed by atoms with Gasteiger partial charge in [0, 0.05) is 37.3 Å². The Kier molecular flexibility index (Phi) is 3.71. The molecule has 1 aliphatic heterocycles. The second-order valence-corrected chi connectivity index (χ2v) is 6.91. The molecule has 0 unspecified atom stereocenters. The minimum absolute atomic E-state index is 0.268. The molecule has 4 heterocycles. The summed E-state index contributed by atoms with van der Waals surface area (Å²) < 4.78 is 9.17. The summed E-state index contributed by atoms with van der Waals surface area (Å²) in [5.74, 6) is 1.18. The van der Waals surface area contributed by atoms with Crippen LogP contribution in [0.2, 0.25) is 0 Å². The lowest BCUT2D eigenvalue weighted by molar-refractivity contribution is 0.0903. The molecule has 1 saturated heterocycles. The van der Waals surface area contributed by atoms with Gasteiger partial charge in [-0.05, 0) is 42.7 Å². The van der Waals surface area contributed by atoms with E-state index in [4.69, 9.17) is 10.5 Å². The van der Waals surface area contributed by atoms with Gasteiger partial charge in [-0.1, -0.05) is 6.07 Å². The highest BCUT2D eigenvalue weighted by molar-refractivity contribution is 5.87. The van der Waals surface area contributed by atoms with E-state index in [0.717, 1.165) is 59.6 Å². The number of anilines is 2. The maximum atomic E-state index is 5.86. The van der Waals surface area contributed by atoms with Gasteiger partial charge in [-0.25, -0.2) is 0 Å². The average molecular weight is 363 g/mol. The number of aryl methyl sites for hydroxylation is 1. The SMILES string of the molecule is Cn1ncc2cc(-c3ccc4nc(N)nn4c3NC3CCOCC3)ccc21. The first kappa shape index (κ1) is 16.1. The number of rotatable bonds is 3. The van der Waals surface area contributed by atoms with Crippen LogP contribution in [0.5, 0.6) is 0 Å². The number of fused-ring (bicyclic) bond motifs is 2. The third-order valence-corrected chi connectivity index (χ3v) is 5.13. The van der Waals surface area contributed by atoms with Crippen LogP contribution in [-0.2, 0) is 11.8 Å². The van der Waals surface area contributed by atoms with E-state index in [9.17, 15) is 0 Å². The van der Waals surface area contributed by atoms with E-state index < -0.39 is 0 Å². The number of nitrogens with two attached hydrogens (primary N) is 1. The maximum absolute atomic E-state index is 5.86. The second-order valence-electron chi connectivity index (χ2n) is 6.91. The third-order valence-electron chi connectivity index (χ3n) is 5.13. The first-order chi connectivity index (χ1) is 13.2. The predicted octanol–water partition coefficient (Wildman–Crippen LogP) is 2.46. The monoisotopic (exact) mass is 363 g/mol. The van der Waals surface area contributed by atoms with Crippen molar-refractivity contribution in [3.63, 3.8) is 0 Å². The normalized spacial score (nSPS) is 15.6. The first-order valence-corrected chi connectivity index (χ1v) is 9.11. The summed E-state index contributed by atoms with van der Waals surface area (Å²) >= 11 is 0. The Morgan fingerprint density at radius 3 is 2.89 bits per heavy atom. The van der Waals surface area contributed by atoms with Crippen LogP contribution in [0.15, 0.2) is 36.5 Å². The average Bonchev–Trinajstić information content (AvgIpc) is 3.25. The number of nitrogens with zero attached hydrogens (tertiary/aromatic N) is 5. The molecular weight excluding hydrogens is 342 g/mol. The molecule has 0 aliphatic carbocycles. The molecule has 0 radical (unpaired) electrons. The highest BCUT2D eigenvalue weighted by Crippen LogP contribution is 2.32. The summed E-state index contributed by atoms with van der Waals surface area (Å²) in [4.78, 5) is 4.31. The summed E-state index contributed by atoms with van der Waals surface area (Å²) in [6, 6.07) is 10.7. The van der Waals surface area contributed by atoms with Crippen LogP contribution in [-0.4, -0.2) is 43.6 Å². The zero-order valence-corrected chi connectivity index (χ0v) is 15.1. The lowest BCUT2D eigenvalue weighted by Crippen LogP contribution is -2.29. The fraction of sp³-hybridized carbons (Fsp3) is 0.316. The van der Waals surface area contributed by atoms with Crippen molar-refractivity contribution < 1.29 is 4.74 Å². The number of ether oxygens (including phenoxy) is 1. The van der Waals surface area contributed by atoms with E-state index in [-0.39, 0.29) is 5.95 Å². The number of pyridine rings is 1. The van der Waals surface area contributed by atoms with Crippen molar-refractivity contribution in [3.8, 4) is 11.1 Å². The van der Waals surface area contributed by atoms with Crippen molar-refractivity contribution in [2.75, 3.05) is 24.3 Å². The molecule has 0 spiro atoms. The Balaban J connectivity index is 1.66. The quantitative estimate of drug-likeness (QED) is 0.580. The van der Waals surface area contributed by atoms with Crippen molar-refractivity contribution in [2.45, 2.75) is 18.9 Å². The zero-order valence-electron chi connectivity index (χ0n) is 15.1. The highest BCUT2D eigenvalue weighted by atomic mass is 16.5. The Bertz CT molecular complexity index is 1120. The molecule has 0 amide bonds. The molecule has 5 rings (SSSR count). The molecule has 0 atom stereocenters. The van der Waals surface area contributed by atoms with Crippen LogP contribution >= 0.6 is 0 Å². The van der Waals surface area contributed by atoms with Crippen molar-refractivity contribution in [3.05, 3.63) is 36.5 Å². The number of nitrogen functional groups attached to an aromatic ring is 1.